The number of halogens is 2. The predicted molar refractivity (Wildman–Crippen MR) is 97.3 cm³/mol. The van der Waals surface area contributed by atoms with Crippen LogP contribution >= 0.6 is 0 Å². The fourth-order valence-corrected chi connectivity index (χ4v) is 3.61. The Balaban J connectivity index is 1.56. The lowest BCUT2D eigenvalue weighted by atomic mass is 9.92. The molecule has 1 aliphatic rings. The molecule has 0 radical (unpaired) electrons. The normalized spacial score (nSPS) is 16.0. The molecule has 0 fully saturated rings. The van der Waals surface area contributed by atoms with Gasteiger partial charge in [-0.15, -0.1) is 0 Å². The zero-order valence-corrected chi connectivity index (χ0v) is 14.7. The summed E-state index contributed by atoms with van der Waals surface area (Å²) in [6.45, 7) is 0.652. The maximum Gasteiger partial charge on any atom is 0.257 e. The molecule has 138 valence electrons. The van der Waals surface area contributed by atoms with Crippen LogP contribution in [0.15, 0.2) is 54.7 Å². The van der Waals surface area contributed by atoms with Crippen LogP contribution in [0.5, 0.6) is 0 Å². The highest BCUT2D eigenvalue weighted by Gasteiger charge is 2.27. The van der Waals surface area contributed by atoms with E-state index in [0.717, 1.165) is 41.8 Å². The summed E-state index contributed by atoms with van der Waals surface area (Å²) in [6, 6.07) is 13.1. The molecule has 1 amide bonds. The summed E-state index contributed by atoms with van der Waals surface area (Å²) in [7, 11) is 0. The summed E-state index contributed by atoms with van der Waals surface area (Å²) >= 11 is 0. The Hall–Kier alpha value is -3.02. The van der Waals surface area contributed by atoms with E-state index < -0.39 is 23.1 Å². The van der Waals surface area contributed by atoms with Crippen molar-refractivity contribution in [3.05, 3.63) is 88.7 Å². The van der Waals surface area contributed by atoms with E-state index in [1.807, 2.05) is 35.0 Å². The number of amides is 1. The summed E-state index contributed by atoms with van der Waals surface area (Å²) in [5, 5.41) is 7.25. The number of benzene rings is 2. The monoisotopic (exact) mass is 367 g/mol. The third-order valence-electron chi connectivity index (χ3n) is 4.93. The lowest BCUT2D eigenvalue weighted by molar-refractivity contribution is 0.0924. The Morgan fingerprint density at radius 3 is 2.59 bits per heavy atom. The molecule has 4 rings (SSSR count). The van der Waals surface area contributed by atoms with Crippen LogP contribution in [0.25, 0.3) is 0 Å². The Morgan fingerprint density at radius 2 is 1.85 bits per heavy atom. The highest BCUT2D eigenvalue weighted by atomic mass is 19.1. The van der Waals surface area contributed by atoms with E-state index in [0.29, 0.717) is 13.0 Å². The van der Waals surface area contributed by atoms with Crippen LogP contribution in [0.2, 0.25) is 0 Å². The van der Waals surface area contributed by atoms with Crippen LogP contribution in [0.3, 0.4) is 0 Å². The number of nitrogens with zero attached hydrogens (tertiary/aromatic N) is 2. The van der Waals surface area contributed by atoms with Gasteiger partial charge in [-0.05, 0) is 37.0 Å². The average molecular weight is 367 g/mol. The first-order valence-electron chi connectivity index (χ1n) is 8.97. The summed E-state index contributed by atoms with van der Waals surface area (Å²) in [4.78, 5) is 12.4. The fraction of sp³-hybridized carbons (Fsp3) is 0.238. The minimum atomic E-state index is -0.858. The summed E-state index contributed by atoms with van der Waals surface area (Å²) in [5.74, 6) is -2.45. The van der Waals surface area contributed by atoms with E-state index in [1.165, 1.54) is 6.07 Å². The molecule has 0 saturated heterocycles. The molecule has 1 unspecified atom stereocenters. The van der Waals surface area contributed by atoms with Gasteiger partial charge in [0.05, 0.1) is 18.8 Å². The molecule has 27 heavy (non-hydrogen) atoms. The molecule has 0 spiro atoms. The number of aromatic nitrogens is 2. The third-order valence-corrected chi connectivity index (χ3v) is 4.93. The van der Waals surface area contributed by atoms with Crippen LogP contribution < -0.4 is 5.32 Å². The van der Waals surface area contributed by atoms with Crippen LogP contribution in [0.4, 0.5) is 8.78 Å². The number of carbonyl (C=O) groups excluding carboxylic acids is 1. The molecule has 1 atom stereocenters. The second-order valence-electron chi connectivity index (χ2n) is 6.70. The van der Waals surface area contributed by atoms with Gasteiger partial charge in [-0.2, -0.15) is 5.10 Å². The Kier molecular flexibility index (Phi) is 4.71. The van der Waals surface area contributed by atoms with Gasteiger partial charge in [0.25, 0.3) is 5.91 Å². The van der Waals surface area contributed by atoms with Crippen LogP contribution in [0.1, 0.15) is 46.1 Å². The first-order valence-corrected chi connectivity index (χ1v) is 8.97. The van der Waals surface area contributed by atoms with Crippen molar-refractivity contribution < 1.29 is 13.6 Å². The SMILES string of the molecule is O=C(NC1CCCc2c1cnn2Cc1ccccc1)c1c(F)cccc1F. The minimum absolute atomic E-state index is 0.301. The first kappa shape index (κ1) is 17.4. The molecule has 1 aliphatic carbocycles. The molecule has 3 aromatic rings. The first-order chi connectivity index (χ1) is 13.1. The van der Waals surface area contributed by atoms with Crippen LogP contribution in [-0.2, 0) is 13.0 Å². The van der Waals surface area contributed by atoms with Gasteiger partial charge in [-0.1, -0.05) is 36.4 Å². The number of fused-ring (bicyclic) bond motifs is 1. The average Bonchev–Trinajstić information content (AvgIpc) is 3.06. The van der Waals surface area contributed by atoms with Crippen molar-refractivity contribution in [3.63, 3.8) is 0 Å². The number of nitrogens with one attached hydrogen (secondary N) is 1. The third kappa shape index (κ3) is 3.47. The topological polar surface area (TPSA) is 46.9 Å². The van der Waals surface area contributed by atoms with Gasteiger partial charge < -0.3 is 5.32 Å². The van der Waals surface area contributed by atoms with E-state index in [2.05, 4.69) is 10.4 Å². The number of hydrogen-bond acceptors (Lipinski definition) is 2. The van der Waals surface area contributed by atoms with Gasteiger partial charge in [-0.3, -0.25) is 9.48 Å². The predicted octanol–water partition coefficient (Wildman–Crippen LogP) is 4.02. The largest absolute Gasteiger partial charge is 0.345 e. The van der Waals surface area contributed by atoms with Crippen molar-refractivity contribution in [1.29, 1.82) is 0 Å². The second kappa shape index (κ2) is 7.31. The molecule has 1 heterocycles. The molecule has 0 saturated carbocycles. The van der Waals surface area contributed by atoms with Crippen molar-refractivity contribution in [2.45, 2.75) is 31.8 Å². The quantitative estimate of drug-likeness (QED) is 0.757. The van der Waals surface area contributed by atoms with Gasteiger partial charge in [0.15, 0.2) is 0 Å². The molecule has 2 aromatic carbocycles. The highest BCUT2D eigenvalue weighted by Crippen LogP contribution is 2.30. The maximum atomic E-state index is 13.9. The fourth-order valence-electron chi connectivity index (χ4n) is 3.61. The van der Waals surface area contributed by atoms with Crippen molar-refractivity contribution in [1.82, 2.24) is 15.1 Å². The minimum Gasteiger partial charge on any atom is -0.345 e. The number of rotatable bonds is 4. The Bertz CT molecular complexity index is 949. The van der Waals surface area contributed by atoms with Crippen molar-refractivity contribution >= 4 is 5.91 Å². The zero-order valence-electron chi connectivity index (χ0n) is 14.7. The zero-order chi connectivity index (χ0) is 18.8. The lowest BCUT2D eigenvalue weighted by Crippen LogP contribution is -2.32. The Morgan fingerprint density at radius 1 is 1.11 bits per heavy atom. The molecule has 0 bridgehead atoms. The number of carbonyl (C=O) groups is 1. The molecular weight excluding hydrogens is 348 g/mol. The van der Waals surface area contributed by atoms with E-state index in [9.17, 15) is 13.6 Å². The van der Waals surface area contributed by atoms with E-state index >= 15 is 0 Å². The summed E-state index contributed by atoms with van der Waals surface area (Å²) in [5.41, 5.74) is 2.58. The van der Waals surface area contributed by atoms with Crippen LogP contribution in [-0.4, -0.2) is 15.7 Å². The van der Waals surface area contributed by atoms with Gasteiger partial charge in [-0.25, -0.2) is 8.78 Å². The van der Waals surface area contributed by atoms with Crippen LogP contribution in [0, 0.1) is 11.6 Å². The van der Waals surface area contributed by atoms with Crippen molar-refractivity contribution in [2.75, 3.05) is 0 Å². The van der Waals surface area contributed by atoms with Gasteiger partial charge in [0.1, 0.15) is 17.2 Å². The van der Waals surface area contributed by atoms with Gasteiger partial charge in [0.2, 0.25) is 0 Å². The molecular formula is C21H19F2N3O. The molecule has 0 aliphatic heterocycles. The Labute approximate surface area is 155 Å². The molecule has 6 heteroatoms. The molecule has 1 aromatic heterocycles. The van der Waals surface area contributed by atoms with Crippen molar-refractivity contribution in [3.8, 4) is 0 Å². The van der Waals surface area contributed by atoms with E-state index in [4.69, 9.17) is 0 Å². The number of hydrogen-bond donors (Lipinski definition) is 1. The van der Waals surface area contributed by atoms with Crippen molar-refractivity contribution in [2.24, 2.45) is 0 Å². The molecule has 4 nitrogen and oxygen atoms in total. The molecule has 1 N–H and O–H groups in total. The second-order valence-corrected chi connectivity index (χ2v) is 6.70. The van der Waals surface area contributed by atoms with Gasteiger partial charge in [0, 0.05) is 11.3 Å². The highest BCUT2D eigenvalue weighted by molar-refractivity contribution is 5.95. The smallest absolute Gasteiger partial charge is 0.257 e. The summed E-state index contributed by atoms with van der Waals surface area (Å²) < 4.78 is 29.7. The maximum absolute atomic E-state index is 13.9. The van der Waals surface area contributed by atoms with Gasteiger partial charge >= 0.3 is 0 Å². The lowest BCUT2D eigenvalue weighted by Gasteiger charge is -2.24. The van der Waals surface area contributed by atoms with E-state index in [1.54, 1.807) is 6.20 Å². The summed E-state index contributed by atoms with van der Waals surface area (Å²) in [6.07, 6.45) is 4.20. The standard InChI is InChI=1S/C21H19F2N3O/c22-16-8-4-9-17(23)20(16)21(27)25-18-10-5-11-19-15(18)12-24-26(19)13-14-6-2-1-3-7-14/h1-4,6-9,12,18H,5,10-11,13H2,(H,25,27). The van der Waals surface area contributed by atoms with E-state index in [-0.39, 0.29) is 6.04 Å².